The minimum absolute atomic E-state index is 0.0832. The molecule has 0 aromatic carbocycles. The highest BCUT2D eigenvalue weighted by atomic mass is 32.2. The number of piperazine rings is 1. The van der Waals surface area contributed by atoms with Crippen LogP contribution in [0.25, 0.3) is 0 Å². The van der Waals surface area contributed by atoms with Crippen LogP contribution >= 0.6 is 11.8 Å². The van der Waals surface area contributed by atoms with E-state index in [-0.39, 0.29) is 25.4 Å². The topological polar surface area (TPSA) is 175 Å². The van der Waals surface area contributed by atoms with Gasteiger partial charge in [-0.25, -0.2) is 9.59 Å². The van der Waals surface area contributed by atoms with Crippen molar-refractivity contribution in [2.75, 3.05) is 39.1 Å². The second-order valence-electron chi connectivity index (χ2n) is 8.31. The number of urea groups is 1. The number of thioether (sulfide) groups is 1. The van der Waals surface area contributed by atoms with Crippen molar-refractivity contribution >= 4 is 47.4 Å². The van der Waals surface area contributed by atoms with Crippen molar-refractivity contribution in [1.29, 1.82) is 0 Å². The van der Waals surface area contributed by atoms with E-state index in [1.807, 2.05) is 0 Å². The molecule has 4 heterocycles. The molecule has 4 aliphatic rings. The number of carbonyl (C=O) groups excluding carboxylic acids is 6. The molecule has 0 spiro atoms. The molecule has 4 unspecified atom stereocenters. The second-order valence-corrected chi connectivity index (χ2v) is 9.37. The molecule has 190 valence electrons. The van der Waals surface area contributed by atoms with Crippen molar-refractivity contribution in [2.24, 2.45) is 0 Å². The predicted octanol–water partition coefficient (Wildman–Crippen LogP) is -2.68. The number of methoxy groups -OCH3 is 1. The summed E-state index contributed by atoms with van der Waals surface area (Å²) in [6.45, 7) is 3.38. The molecule has 15 heteroatoms. The zero-order valence-corrected chi connectivity index (χ0v) is 20.0. The Bertz CT molecular complexity index is 1050. The molecule has 4 rings (SSSR count). The van der Waals surface area contributed by atoms with Crippen LogP contribution < -0.4 is 10.6 Å². The number of carbonyl (C=O) groups is 6. The van der Waals surface area contributed by atoms with Gasteiger partial charge in [0.15, 0.2) is 0 Å². The third kappa shape index (κ3) is 3.83. The van der Waals surface area contributed by atoms with Gasteiger partial charge in [-0.05, 0) is 13.8 Å². The second kappa shape index (κ2) is 9.13. The van der Waals surface area contributed by atoms with Crippen LogP contribution in [0.5, 0.6) is 0 Å². The Balaban J connectivity index is 1.48. The summed E-state index contributed by atoms with van der Waals surface area (Å²) >= 11 is 1.26. The first-order chi connectivity index (χ1) is 16.6. The van der Waals surface area contributed by atoms with Crippen molar-refractivity contribution in [3.8, 4) is 0 Å². The standard InChI is InChI=1S/C20H25N5O9S/c1-4-23-5-6-24(15(29)14(23)28)19(32)21-11(9(2)26)13(27)22-20(33-3)17(31)25-12-10(7-34-16(12)30)8-35-18(20)25/h9,11,18,26H,4-8H2,1-3H3,(H,21,32)(H,22,27). The van der Waals surface area contributed by atoms with Gasteiger partial charge in [-0.1, -0.05) is 0 Å². The van der Waals surface area contributed by atoms with Crippen LogP contribution in [0.2, 0.25) is 0 Å². The number of fused-ring (bicyclic) bond motifs is 2. The highest BCUT2D eigenvalue weighted by Gasteiger charge is 2.67. The van der Waals surface area contributed by atoms with Crippen LogP contribution in [0.1, 0.15) is 13.8 Å². The van der Waals surface area contributed by atoms with E-state index in [0.29, 0.717) is 22.8 Å². The SMILES string of the molecule is CCN1CCN(C(=O)NC(C(=O)NC2(OC)C(=O)N3C4=C(COC4=O)CSC32)C(C)O)C(=O)C1=O. The highest BCUT2D eigenvalue weighted by Crippen LogP contribution is 2.48. The zero-order chi connectivity index (χ0) is 25.7. The Morgan fingerprint density at radius 3 is 2.60 bits per heavy atom. The lowest BCUT2D eigenvalue weighted by Crippen LogP contribution is -2.81. The van der Waals surface area contributed by atoms with E-state index < -0.39 is 58.9 Å². The summed E-state index contributed by atoms with van der Waals surface area (Å²) in [5.74, 6) is -3.81. The number of nitrogens with zero attached hydrogens (tertiary/aromatic N) is 3. The number of rotatable bonds is 6. The monoisotopic (exact) mass is 511 g/mol. The van der Waals surface area contributed by atoms with Crippen LogP contribution in [0.4, 0.5) is 4.79 Å². The molecule has 0 radical (unpaired) electrons. The van der Waals surface area contributed by atoms with E-state index in [1.165, 1.54) is 35.6 Å². The van der Waals surface area contributed by atoms with Crippen molar-refractivity contribution in [3.63, 3.8) is 0 Å². The fourth-order valence-corrected chi connectivity index (χ4v) is 5.73. The number of cyclic esters (lactones) is 1. The molecule has 6 amide bonds. The maximum Gasteiger partial charge on any atom is 0.355 e. The molecule has 4 aliphatic heterocycles. The van der Waals surface area contributed by atoms with Crippen molar-refractivity contribution in [2.45, 2.75) is 37.1 Å². The van der Waals surface area contributed by atoms with Crippen LogP contribution in [-0.4, -0.2) is 118 Å². The highest BCUT2D eigenvalue weighted by molar-refractivity contribution is 8.00. The van der Waals surface area contributed by atoms with Gasteiger partial charge in [0.2, 0.25) is 5.91 Å². The van der Waals surface area contributed by atoms with Crippen molar-refractivity contribution < 1.29 is 43.3 Å². The Kier molecular flexibility index (Phi) is 6.50. The molecule has 0 saturated carbocycles. The van der Waals surface area contributed by atoms with E-state index >= 15 is 0 Å². The predicted molar refractivity (Wildman–Crippen MR) is 117 cm³/mol. The van der Waals surface area contributed by atoms with Gasteiger partial charge in [-0.2, -0.15) is 0 Å². The number of imide groups is 1. The van der Waals surface area contributed by atoms with E-state index in [1.54, 1.807) is 6.92 Å². The third-order valence-electron chi connectivity index (χ3n) is 6.29. The van der Waals surface area contributed by atoms with Gasteiger partial charge >= 0.3 is 23.8 Å². The largest absolute Gasteiger partial charge is 0.456 e. The van der Waals surface area contributed by atoms with Gasteiger partial charge in [0, 0.05) is 38.1 Å². The van der Waals surface area contributed by atoms with E-state index in [4.69, 9.17) is 9.47 Å². The summed E-state index contributed by atoms with van der Waals surface area (Å²) in [7, 11) is 1.21. The van der Waals surface area contributed by atoms with Crippen molar-refractivity contribution in [3.05, 3.63) is 11.3 Å². The number of amides is 6. The normalized spacial score (nSPS) is 27.7. The first-order valence-corrected chi connectivity index (χ1v) is 11.9. The summed E-state index contributed by atoms with van der Waals surface area (Å²) < 4.78 is 10.4. The Hall–Kier alpha value is -3.17. The Morgan fingerprint density at radius 2 is 1.97 bits per heavy atom. The van der Waals surface area contributed by atoms with Gasteiger partial charge in [-0.3, -0.25) is 29.0 Å². The van der Waals surface area contributed by atoms with E-state index in [9.17, 15) is 33.9 Å². The van der Waals surface area contributed by atoms with E-state index in [2.05, 4.69) is 10.6 Å². The third-order valence-corrected chi connectivity index (χ3v) is 7.66. The lowest BCUT2D eigenvalue weighted by molar-refractivity contribution is -0.192. The first kappa shape index (κ1) is 24.9. The molecule has 2 fully saturated rings. The number of likely N-dealkylation sites (N-methyl/N-ethyl adjacent to an activating group) is 1. The number of aliphatic hydroxyl groups is 1. The van der Waals surface area contributed by atoms with Gasteiger partial charge in [0.05, 0.1) is 6.10 Å². The van der Waals surface area contributed by atoms with Gasteiger partial charge in [0.1, 0.15) is 23.7 Å². The molecule has 4 atom stereocenters. The molecule has 35 heavy (non-hydrogen) atoms. The maximum absolute atomic E-state index is 13.1. The molecule has 3 N–H and O–H groups in total. The lowest BCUT2D eigenvalue weighted by Gasteiger charge is -2.55. The quantitative estimate of drug-likeness (QED) is 0.148. The smallest absolute Gasteiger partial charge is 0.355 e. The summed E-state index contributed by atoms with van der Waals surface area (Å²) in [5.41, 5.74) is -1.05. The number of aliphatic hydroxyl groups excluding tert-OH is 1. The summed E-state index contributed by atoms with van der Waals surface area (Å²) in [4.78, 5) is 78.5. The molecule has 2 saturated heterocycles. The Labute approximate surface area is 203 Å². The van der Waals surface area contributed by atoms with Gasteiger partial charge < -0.3 is 30.1 Å². The molecule has 0 aliphatic carbocycles. The number of β-lactam (4-membered cyclic amide) rings is 1. The zero-order valence-electron chi connectivity index (χ0n) is 19.2. The average molecular weight is 512 g/mol. The van der Waals surface area contributed by atoms with Gasteiger partial charge in [-0.15, -0.1) is 11.8 Å². The molecule has 0 bridgehead atoms. The molecule has 0 aromatic rings. The number of ether oxygens (including phenoxy) is 2. The maximum atomic E-state index is 13.1. The summed E-state index contributed by atoms with van der Waals surface area (Å²) in [6, 6.07) is -2.62. The van der Waals surface area contributed by atoms with Gasteiger partial charge in [0.25, 0.3) is 11.6 Å². The van der Waals surface area contributed by atoms with Crippen molar-refractivity contribution in [1.82, 2.24) is 25.3 Å². The first-order valence-electron chi connectivity index (χ1n) is 10.9. The minimum atomic E-state index is -1.85. The number of esters is 1. The molecule has 0 aromatic heterocycles. The lowest BCUT2D eigenvalue weighted by atomic mass is 9.97. The average Bonchev–Trinajstić information content (AvgIpc) is 3.21. The molecule has 14 nitrogen and oxygen atoms in total. The van der Waals surface area contributed by atoms with E-state index in [0.717, 1.165) is 0 Å². The molecular formula is C20H25N5O9S. The number of hydrogen-bond donors (Lipinski definition) is 3. The summed E-state index contributed by atoms with van der Waals surface area (Å²) in [6.07, 6.45) is -1.43. The van der Waals surface area contributed by atoms with Crippen LogP contribution in [0, 0.1) is 0 Å². The fraction of sp³-hybridized carbons (Fsp3) is 0.600. The number of hydrogen-bond acceptors (Lipinski definition) is 10. The minimum Gasteiger partial charge on any atom is -0.456 e. The molecular weight excluding hydrogens is 486 g/mol. The van der Waals surface area contributed by atoms with Crippen LogP contribution in [0.15, 0.2) is 11.3 Å². The Morgan fingerprint density at radius 1 is 1.26 bits per heavy atom. The van der Waals surface area contributed by atoms with Crippen LogP contribution in [-0.2, 0) is 33.4 Å². The van der Waals surface area contributed by atoms with Crippen LogP contribution in [0.3, 0.4) is 0 Å². The fourth-order valence-electron chi connectivity index (χ4n) is 4.31. The number of nitrogens with one attached hydrogen (secondary N) is 2. The summed E-state index contributed by atoms with van der Waals surface area (Å²) in [5, 5.41) is 14.1.